The molecule has 1 saturated heterocycles. The lowest BCUT2D eigenvalue weighted by Crippen LogP contribution is -2.34. The van der Waals surface area contributed by atoms with Crippen molar-refractivity contribution in [2.75, 3.05) is 11.4 Å². The minimum absolute atomic E-state index is 0.0830. The molecule has 0 aliphatic carbocycles. The number of hydrogen-bond acceptors (Lipinski definition) is 4. The van der Waals surface area contributed by atoms with Gasteiger partial charge < -0.3 is 4.90 Å². The van der Waals surface area contributed by atoms with E-state index in [0.717, 1.165) is 25.7 Å². The lowest BCUT2D eigenvalue weighted by Gasteiger charge is -2.26. The highest BCUT2D eigenvalue weighted by molar-refractivity contribution is 5.64. The Labute approximate surface area is 106 Å². The van der Waals surface area contributed by atoms with E-state index in [1.54, 1.807) is 18.2 Å². The lowest BCUT2D eigenvalue weighted by atomic mass is 10.1. The summed E-state index contributed by atoms with van der Waals surface area (Å²) in [6.45, 7) is 0.711. The van der Waals surface area contributed by atoms with Gasteiger partial charge in [-0.3, -0.25) is 10.1 Å². The van der Waals surface area contributed by atoms with Crippen molar-refractivity contribution in [2.45, 2.75) is 31.7 Å². The Morgan fingerprint density at radius 1 is 1.33 bits per heavy atom. The number of nitrogens with zero attached hydrogens (tertiary/aromatic N) is 3. The predicted molar refractivity (Wildman–Crippen MR) is 68.3 cm³/mol. The largest absolute Gasteiger partial charge is 0.350 e. The van der Waals surface area contributed by atoms with Crippen LogP contribution in [0.1, 0.15) is 25.7 Å². The molecule has 0 radical (unpaired) electrons. The molecule has 0 aromatic heterocycles. The average molecular weight is 245 g/mol. The zero-order chi connectivity index (χ0) is 13.0. The third-order valence-electron chi connectivity index (χ3n) is 3.29. The van der Waals surface area contributed by atoms with Crippen LogP contribution in [0.4, 0.5) is 11.4 Å². The maximum atomic E-state index is 11.0. The summed E-state index contributed by atoms with van der Waals surface area (Å²) in [5, 5.41) is 20.3. The number of rotatable bonds is 2. The van der Waals surface area contributed by atoms with E-state index in [1.165, 1.54) is 6.07 Å². The fourth-order valence-corrected chi connectivity index (χ4v) is 2.39. The number of benzene rings is 1. The Balaban J connectivity index is 2.39. The van der Waals surface area contributed by atoms with E-state index in [0.29, 0.717) is 12.2 Å². The fourth-order valence-electron chi connectivity index (χ4n) is 2.39. The van der Waals surface area contributed by atoms with Gasteiger partial charge in [0.25, 0.3) is 5.69 Å². The smallest absolute Gasteiger partial charge is 0.292 e. The molecule has 5 heteroatoms. The van der Waals surface area contributed by atoms with Gasteiger partial charge in [-0.15, -0.1) is 0 Å². The van der Waals surface area contributed by atoms with Crippen molar-refractivity contribution in [3.05, 3.63) is 34.4 Å². The summed E-state index contributed by atoms with van der Waals surface area (Å²) in [5.41, 5.74) is 0.649. The molecular weight excluding hydrogens is 230 g/mol. The first-order chi connectivity index (χ1) is 8.74. The van der Waals surface area contributed by atoms with Gasteiger partial charge in [0.1, 0.15) is 11.7 Å². The Kier molecular flexibility index (Phi) is 3.78. The van der Waals surface area contributed by atoms with Gasteiger partial charge in [-0.1, -0.05) is 25.0 Å². The Morgan fingerprint density at radius 3 is 2.83 bits per heavy atom. The Hall–Kier alpha value is -2.09. The molecule has 1 aliphatic heterocycles. The summed E-state index contributed by atoms with van der Waals surface area (Å²) >= 11 is 0. The van der Waals surface area contributed by atoms with E-state index in [4.69, 9.17) is 0 Å². The molecule has 2 rings (SSSR count). The maximum absolute atomic E-state index is 11.0. The Bertz CT molecular complexity index is 481. The van der Waals surface area contributed by atoms with E-state index >= 15 is 0 Å². The van der Waals surface area contributed by atoms with Gasteiger partial charge in [0, 0.05) is 12.6 Å². The summed E-state index contributed by atoms with van der Waals surface area (Å²) in [6.07, 6.45) is 3.84. The first-order valence-electron chi connectivity index (χ1n) is 6.13. The highest BCUT2D eigenvalue weighted by Crippen LogP contribution is 2.31. The minimum atomic E-state index is -0.380. The minimum Gasteiger partial charge on any atom is -0.350 e. The van der Waals surface area contributed by atoms with Crippen LogP contribution in [0, 0.1) is 21.4 Å². The SMILES string of the molecule is N#CC1CCCCCN1c1ccccc1[N+](=O)[O-]. The van der Waals surface area contributed by atoms with Crippen molar-refractivity contribution >= 4 is 11.4 Å². The van der Waals surface area contributed by atoms with Crippen molar-refractivity contribution in [1.29, 1.82) is 5.26 Å². The molecule has 5 nitrogen and oxygen atoms in total. The molecule has 1 heterocycles. The maximum Gasteiger partial charge on any atom is 0.292 e. The summed E-state index contributed by atoms with van der Waals surface area (Å²) in [6, 6.07) is 8.66. The highest BCUT2D eigenvalue weighted by Gasteiger charge is 2.26. The molecule has 1 unspecified atom stereocenters. The number of nitro groups is 1. The van der Waals surface area contributed by atoms with Crippen LogP contribution in [0.5, 0.6) is 0 Å². The van der Waals surface area contributed by atoms with Crippen molar-refractivity contribution in [3.8, 4) is 6.07 Å². The normalized spacial score (nSPS) is 19.9. The number of para-hydroxylation sites is 2. The standard InChI is InChI=1S/C13H15N3O2/c14-10-11-6-2-1-5-9-15(11)12-7-3-4-8-13(12)16(17)18/h3-4,7-8,11H,1-2,5-6,9H2. The molecule has 0 spiro atoms. The van der Waals surface area contributed by atoms with E-state index in [-0.39, 0.29) is 16.7 Å². The molecule has 0 amide bonds. The molecule has 0 bridgehead atoms. The second-order valence-electron chi connectivity index (χ2n) is 4.43. The quantitative estimate of drug-likeness (QED) is 0.593. The molecule has 1 atom stereocenters. The first-order valence-corrected chi connectivity index (χ1v) is 6.13. The van der Waals surface area contributed by atoms with Crippen LogP contribution in [0.3, 0.4) is 0 Å². The molecular formula is C13H15N3O2. The summed E-state index contributed by atoms with van der Waals surface area (Å²) in [5.74, 6) is 0. The summed E-state index contributed by atoms with van der Waals surface area (Å²) in [7, 11) is 0. The third kappa shape index (κ3) is 2.43. The van der Waals surface area contributed by atoms with E-state index in [9.17, 15) is 15.4 Å². The van der Waals surface area contributed by atoms with Crippen molar-refractivity contribution in [3.63, 3.8) is 0 Å². The van der Waals surface area contributed by atoms with Gasteiger partial charge >= 0.3 is 0 Å². The van der Waals surface area contributed by atoms with Gasteiger partial charge in [-0.05, 0) is 18.9 Å². The van der Waals surface area contributed by atoms with Gasteiger partial charge in [-0.2, -0.15) is 5.26 Å². The molecule has 0 saturated carbocycles. The van der Waals surface area contributed by atoms with Crippen LogP contribution >= 0.6 is 0 Å². The van der Waals surface area contributed by atoms with Gasteiger partial charge in [-0.25, -0.2) is 0 Å². The van der Waals surface area contributed by atoms with Crippen LogP contribution in [-0.4, -0.2) is 17.5 Å². The summed E-state index contributed by atoms with van der Waals surface area (Å²) < 4.78 is 0. The monoisotopic (exact) mass is 245 g/mol. The molecule has 1 aliphatic rings. The van der Waals surface area contributed by atoms with Crippen LogP contribution < -0.4 is 4.90 Å². The summed E-state index contributed by atoms with van der Waals surface area (Å²) in [4.78, 5) is 12.5. The molecule has 1 fully saturated rings. The second-order valence-corrected chi connectivity index (χ2v) is 4.43. The zero-order valence-corrected chi connectivity index (χ0v) is 10.1. The molecule has 1 aromatic rings. The third-order valence-corrected chi connectivity index (χ3v) is 3.29. The fraction of sp³-hybridized carbons (Fsp3) is 0.462. The van der Waals surface area contributed by atoms with Gasteiger partial charge in [0.05, 0.1) is 11.0 Å². The van der Waals surface area contributed by atoms with E-state index in [2.05, 4.69) is 6.07 Å². The number of anilines is 1. The highest BCUT2D eigenvalue weighted by atomic mass is 16.6. The lowest BCUT2D eigenvalue weighted by molar-refractivity contribution is -0.384. The van der Waals surface area contributed by atoms with Crippen molar-refractivity contribution < 1.29 is 4.92 Å². The number of nitro benzene ring substituents is 1. The van der Waals surface area contributed by atoms with Crippen molar-refractivity contribution in [2.24, 2.45) is 0 Å². The molecule has 1 aromatic carbocycles. The Morgan fingerprint density at radius 2 is 2.11 bits per heavy atom. The van der Waals surface area contributed by atoms with Crippen molar-refractivity contribution in [1.82, 2.24) is 0 Å². The van der Waals surface area contributed by atoms with Crippen LogP contribution in [-0.2, 0) is 0 Å². The van der Waals surface area contributed by atoms with Crippen LogP contribution in [0.2, 0.25) is 0 Å². The average Bonchev–Trinajstić information content (AvgIpc) is 2.63. The predicted octanol–water partition coefficient (Wildman–Crippen LogP) is 2.87. The molecule has 94 valence electrons. The van der Waals surface area contributed by atoms with E-state index in [1.807, 2.05) is 4.90 Å². The molecule has 0 N–H and O–H groups in total. The van der Waals surface area contributed by atoms with Crippen LogP contribution in [0.15, 0.2) is 24.3 Å². The molecule has 18 heavy (non-hydrogen) atoms. The van der Waals surface area contributed by atoms with Crippen LogP contribution in [0.25, 0.3) is 0 Å². The van der Waals surface area contributed by atoms with E-state index < -0.39 is 0 Å². The van der Waals surface area contributed by atoms with Gasteiger partial charge in [0.15, 0.2) is 0 Å². The number of hydrogen-bond donors (Lipinski definition) is 0. The second kappa shape index (κ2) is 5.50. The topological polar surface area (TPSA) is 70.2 Å². The first kappa shape index (κ1) is 12.4. The van der Waals surface area contributed by atoms with Gasteiger partial charge in [0.2, 0.25) is 0 Å². The zero-order valence-electron chi connectivity index (χ0n) is 10.1. The number of nitriles is 1.